The van der Waals surface area contributed by atoms with Crippen LogP contribution in [0.25, 0.3) is 0 Å². The summed E-state index contributed by atoms with van der Waals surface area (Å²) in [5, 5.41) is 3.45. The molecular weight excluding hydrogens is 240 g/mol. The van der Waals surface area contributed by atoms with Crippen LogP contribution >= 0.6 is 15.9 Å². The summed E-state index contributed by atoms with van der Waals surface area (Å²) < 4.78 is 1.04. The molecule has 1 unspecified atom stereocenters. The van der Waals surface area contributed by atoms with E-state index in [1.807, 2.05) is 18.5 Å². The third-order valence-corrected chi connectivity index (χ3v) is 3.45. The number of hydrogen-bond donors (Lipinski definition) is 1. The SMILES string of the molecule is CC(CNc1ccncc1Br)C1CC1. The van der Waals surface area contributed by atoms with E-state index in [1.165, 1.54) is 12.8 Å². The molecule has 1 fully saturated rings. The zero-order valence-electron chi connectivity index (χ0n) is 8.33. The maximum Gasteiger partial charge on any atom is 0.0590 e. The second-order valence-corrected chi connectivity index (χ2v) is 4.91. The van der Waals surface area contributed by atoms with Crippen LogP contribution in [0.3, 0.4) is 0 Å². The summed E-state index contributed by atoms with van der Waals surface area (Å²) in [7, 11) is 0. The lowest BCUT2D eigenvalue weighted by atomic mass is 10.1. The number of rotatable bonds is 4. The van der Waals surface area contributed by atoms with Gasteiger partial charge in [-0.3, -0.25) is 4.98 Å². The molecule has 1 aromatic rings. The van der Waals surface area contributed by atoms with Crippen LogP contribution < -0.4 is 5.32 Å². The highest BCUT2D eigenvalue weighted by molar-refractivity contribution is 9.10. The normalized spacial score (nSPS) is 17.9. The van der Waals surface area contributed by atoms with E-state index in [0.717, 1.165) is 28.5 Å². The first kappa shape index (κ1) is 9.97. The highest BCUT2D eigenvalue weighted by atomic mass is 79.9. The summed E-state index contributed by atoms with van der Waals surface area (Å²) in [5.74, 6) is 1.75. The minimum Gasteiger partial charge on any atom is -0.384 e. The molecule has 0 aliphatic heterocycles. The Labute approximate surface area is 93.3 Å². The quantitative estimate of drug-likeness (QED) is 0.892. The molecule has 1 atom stereocenters. The lowest BCUT2D eigenvalue weighted by molar-refractivity contribution is 0.536. The van der Waals surface area contributed by atoms with Gasteiger partial charge in [-0.05, 0) is 46.7 Å². The van der Waals surface area contributed by atoms with E-state index in [4.69, 9.17) is 0 Å². The first-order valence-corrected chi connectivity index (χ1v) is 5.90. The van der Waals surface area contributed by atoms with Crippen molar-refractivity contribution in [1.82, 2.24) is 4.98 Å². The van der Waals surface area contributed by atoms with Crippen molar-refractivity contribution in [3.8, 4) is 0 Å². The van der Waals surface area contributed by atoms with Gasteiger partial charge in [0.1, 0.15) is 0 Å². The van der Waals surface area contributed by atoms with Crippen LogP contribution in [-0.2, 0) is 0 Å². The van der Waals surface area contributed by atoms with Gasteiger partial charge >= 0.3 is 0 Å². The van der Waals surface area contributed by atoms with E-state index < -0.39 is 0 Å². The van der Waals surface area contributed by atoms with Crippen LogP contribution in [0, 0.1) is 11.8 Å². The Balaban J connectivity index is 1.87. The van der Waals surface area contributed by atoms with E-state index in [0.29, 0.717) is 0 Å². The molecule has 0 saturated heterocycles. The number of hydrogen-bond acceptors (Lipinski definition) is 2. The van der Waals surface area contributed by atoms with Gasteiger partial charge in [0.25, 0.3) is 0 Å². The van der Waals surface area contributed by atoms with Gasteiger partial charge in [-0.1, -0.05) is 6.92 Å². The first-order chi connectivity index (χ1) is 6.77. The van der Waals surface area contributed by atoms with Crippen molar-refractivity contribution in [2.24, 2.45) is 11.8 Å². The molecule has 1 aliphatic rings. The topological polar surface area (TPSA) is 24.9 Å². The molecule has 1 saturated carbocycles. The fourth-order valence-electron chi connectivity index (χ4n) is 1.62. The summed E-state index contributed by atoms with van der Waals surface area (Å²) in [5.41, 5.74) is 1.15. The fourth-order valence-corrected chi connectivity index (χ4v) is 2.01. The van der Waals surface area contributed by atoms with Gasteiger partial charge in [-0.15, -0.1) is 0 Å². The first-order valence-electron chi connectivity index (χ1n) is 5.11. The molecule has 0 aromatic carbocycles. The molecule has 1 N–H and O–H groups in total. The number of anilines is 1. The minimum absolute atomic E-state index is 0.787. The summed E-state index contributed by atoms with van der Waals surface area (Å²) >= 11 is 3.47. The molecule has 1 aliphatic carbocycles. The van der Waals surface area contributed by atoms with Crippen LogP contribution in [0.1, 0.15) is 19.8 Å². The zero-order valence-corrected chi connectivity index (χ0v) is 9.92. The van der Waals surface area contributed by atoms with Crippen LogP contribution in [0.4, 0.5) is 5.69 Å². The Hall–Kier alpha value is -0.570. The van der Waals surface area contributed by atoms with E-state index in [1.54, 1.807) is 0 Å². The Bertz CT molecular complexity index is 310. The third-order valence-electron chi connectivity index (χ3n) is 2.81. The van der Waals surface area contributed by atoms with Crippen molar-refractivity contribution in [3.05, 3.63) is 22.9 Å². The number of halogens is 1. The largest absolute Gasteiger partial charge is 0.384 e. The molecule has 0 spiro atoms. The van der Waals surface area contributed by atoms with Crippen molar-refractivity contribution in [2.75, 3.05) is 11.9 Å². The van der Waals surface area contributed by atoms with Crippen LogP contribution in [0.2, 0.25) is 0 Å². The molecule has 76 valence electrons. The Morgan fingerprint density at radius 1 is 1.64 bits per heavy atom. The average Bonchev–Trinajstić information content (AvgIpc) is 2.99. The van der Waals surface area contributed by atoms with Gasteiger partial charge in [-0.2, -0.15) is 0 Å². The number of nitrogens with zero attached hydrogens (tertiary/aromatic N) is 1. The molecule has 1 heterocycles. The molecule has 2 nitrogen and oxygen atoms in total. The second-order valence-electron chi connectivity index (χ2n) is 4.05. The summed E-state index contributed by atoms with van der Waals surface area (Å²) in [4.78, 5) is 4.03. The van der Waals surface area contributed by atoms with E-state index in [2.05, 4.69) is 33.2 Å². The Morgan fingerprint density at radius 3 is 3.07 bits per heavy atom. The standard InChI is InChI=1S/C11H15BrN2/c1-8(9-2-3-9)6-14-11-4-5-13-7-10(11)12/h4-5,7-9H,2-3,6H2,1H3,(H,13,14). The van der Waals surface area contributed by atoms with E-state index in [-0.39, 0.29) is 0 Å². The number of nitrogens with one attached hydrogen (secondary N) is 1. The Morgan fingerprint density at radius 2 is 2.43 bits per heavy atom. The van der Waals surface area contributed by atoms with Crippen LogP contribution in [0.15, 0.2) is 22.9 Å². The molecule has 0 radical (unpaired) electrons. The van der Waals surface area contributed by atoms with E-state index >= 15 is 0 Å². The summed E-state index contributed by atoms with van der Waals surface area (Å²) in [6, 6.07) is 2.00. The monoisotopic (exact) mass is 254 g/mol. The molecule has 0 amide bonds. The smallest absolute Gasteiger partial charge is 0.0590 e. The molecule has 2 rings (SSSR count). The van der Waals surface area contributed by atoms with Crippen LogP contribution in [-0.4, -0.2) is 11.5 Å². The lowest BCUT2D eigenvalue weighted by Gasteiger charge is -2.13. The number of pyridine rings is 1. The average molecular weight is 255 g/mol. The van der Waals surface area contributed by atoms with Gasteiger partial charge in [-0.25, -0.2) is 0 Å². The molecule has 14 heavy (non-hydrogen) atoms. The predicted octanol–water partition coefficient (Wildman–Crippen LogP) is 3.30. The second kappa shape index (κ2) is 4.30. The molecule has 3 heteroatoms. The minimum atomic E-state index is 0.787. The summed E-state index contributed by atoms with van der Waals surface area (Å²) in [6.07, 6.45) is 6.47. The van der Waals surface area contributed by atoms with Gasteiger partial charge in [0, 0.05) is 18.9 Å². The van der Waals surface area contributed by atoms with Gasteiger partial charge in [0.2, 0.25) is 0 Å². The third kappa shape index (κ3) is 2.47. The maximum atomic E-state index is 4.03. The highest BCUT2D eigenvalue weighted by Crippen LogP contribution is 2.36. The van der Waals surface area contributed by atoms with E-state index in [9.17, 15) is 0 Å². The van der Waals surface area contributed by atoms with Gasteiger partial charge < -0.3 is 5.32 Å². The zero-order chi connectivity index (χ0) is 9.97. The van der Waals surface area contributed by atoms with Crippen molar-refractivity contribution in [3.63, 3.8) is 0 Å². The predicted molar refractivity (Wildman–Crippen MR) is 62.3 cm³/mol. The fraction of sp³-hybridized carbons (Fsp3) is 0.545. The van der Waals surface area contributed by atoms with Crippen molar-refractivity contribution in [1.29, 1.82) is 0 Å². The van der Waals surface area contributed by atoms with Crippen molar-refractivity contribution < 1.29 is 0 Å². The van der Waals surface area contributed by atoms with Crippen LogP contribution in [0.5, 0.6) is 0 Å². The number of aromatic nitrogens is 1. The van der Waals surface area contributed by atoms with Gasteiger partial charge in [0.05, 0.1) is 10.2 Å². The molecule has 0 bridgehead atoms. The molecule has 1 aromatic heterocycles. The molecular formula is C11H15BrN2. The Kier molecular flexibility index (Phi) is 3.06. The maximum absolute atomic E-state index is 4.03. The van der Waals surface area contributed by atoms with Crippen molar-refractivity contribution >= 4 is 21.6 Å². The highest BCUT2D eigenvalue weighted by Gasteiger charge is 2.27. The lowest BCUT2D eigenvalue weighted by Crippen LogP contribution is -2.13. The van der Waals surface area contributed by atoms with Crippen molar-refractivity contribution in [2.45, 2.75) is 19.8 Å². The summed E-state index contributed by atoms with van der Waals surface area (Å²) in [6.45, 7) is 3.38. The van der Waals surface area contributed by atoms with Gasteiger partial charge in [0.15, 0.2) is 0 Å².